The largest absolute Gasteiger partial charge is 0.495 e. The molecule has 0 bridgehead atoms. The normalized spacial score (nSPS) is 11.9. The molecule has 5 heteroatoms. The van der Waals surface area contributed by atoms with Crippen molar-refractivity contribution in [3.63, 3.8) is 0 Å². The van der Waals surface area contributed by atoms with Gasteiger partial charge >= 0.3 is 0 Å². The molecule has 3 N–H and O–H groups in total. The first-order chi connectivity index (χ1) is 8.58. The molecule has 0 saturated carbocycles. The fraction of sp³-hybridized carbons (Fsp3) is 0.462. The molecule has 0 aromatic heterocycles. The number of benzene rings is 1. The van der Waals surface area contributed by atoms with Crippen molar-refractivity contribution in [2.24, 2.45) is 11.7 Å². The quantitative estimate of drug-likeness (QED) is 0.771. The minimum atomic E-state index is -0.453. The zero-order chi connectivity index (χ0) is 13.5. The van der Waals surface area contributed by atoms with Crippen LogP contribution in [0.4, 0.5) is 5.69 Å². The lowest BCUT2D eigenvalue weighted by molar-refractivity contribution is 0.100. The molecule has 0 aliphatic carbocycles. The van der Waals surface area contributed by atoms with Gasteiger partial charge in [0.25, 0.3) is 0 Å². The first kappa shape index (κ1) is 14.3. The fourth-order valence-corrected chi connectivity index (χ4v) is 1.63. The number of nitrogens with two attached hydrogens (primary N) is 1. The summed E-state index contributed by atoms with van der Waals surface area (Å²) in [7, 11) is 3.26. The smallest absolute Gasteiger partial charge is 0.248 e. The van der Waals surface area contributed by atoms with Crippen molar-refractivity contribution in [1.82, 2.24) is 0 Å². The zero-order valence-corrected chi connectivity index (χ0v) is 11.0. The lowest BCUT2D eigenvalue weighted by Gasteiger charge is -2.15. The molecule has 0 heterocycles. The van der Waals surface area contributed by atoms with Crippen LogP contribution in [0.5, 0.6) is 5.75 Å². The summed E-state index contributed by atoms with van der Waals surface area (Å²) < 4.78 is 10.3. The van der Waals surface area contributed by atoms with Crippen LogP contribution in [-0.4, -0.2) is 33.3 Å². The third-order valence-electron chi connectivity index (χ3n) is 2.58. The Hall–Kier alpha value is -1.75. The van der Waals surface area contributed by atoms with Gasteiger partial charge in [-0.15, -0.1) is 0 Å². The Bertz CT molecular complexity index is 407. The van der Waals surface area contributed by atoms with Crippen LogP contribution in [0, 0.1) is 5.92 Å². The van der Waals surface area contributed by atoms with E-state index in [2.05, 4.69) is 12.2 Å². The van der Waals surface area contributed by atoms with Crippen LogP contribution in [-0.2, 0) is 4.74 Å². The average molecular weight is 252 g/mol. The third kappa shape index (κ3) is 3.92. The Morgan fingerprint density at radius 2 is 2.17 bits per heavy atom. The second kappa shape index (κ2) is 6.86. The van der Waals surface area contributed by atoms with E-state index < -0.39 is 5.91 Å². The molecule has 1 aromatic carbocycles. The summed E-state index contributed by atoms with van der Waals surface area (Å²) in [6.07, 6.45) is 0. The highest BCUT2D eigenvalue weighted by atomic mass is 16.5. The lowest BCUT2D eigenvalue weighted by Crippen LogP contribution is -2.17. The number of primary amides is 1. The molecule has 1 unspecified atom stereocenters. The Labute approximate surface area is 107 Å². The minimum absolute atomic E-state index is 0.358. The number of rotatable bonds is 7. The summed E-state index contributed by atoms with van der Waals surface area (Å²) in [4.78, 5) is 11.1. The summed E-state index contributed by atoms with van der Waals surface area (Å²) >= 11 is 0. The van der Waals surface area contributed by atoms with Crippen LogP contribution < -0.4 is 15.8 Å². The summed E-state index contributed by atoms with van der Waals surface area (Å²) in [5, 5.41) is 3.23. The average Bonchev–Trinajstić information content (AvgIpc) is 2.36. The first-order valence-corrected chi connectivity index (χ1v) is 5.79. The number of carbonyl (C=O) groups is 1. The SMILES string of the molecule is COCC(C)CNc1cc(C(N)=O)ccc1OC. The van der Waals surface area contributed by atoms with Gasteiger partial charge in [-0.05, 0) is 24.1 Å². The zero-order valence-electron chi connectivity index (χ0n) is 11.0. The molecule has 1 aromatic rings. The van der Waals surface area contributed by atoms with Crippen molar-refractivity contribution in [2.45, 2.75) is 6.92 Å². The molecule has 18 heavy (non-hydrogen) atoms. The number of nitrogens with one attached hydrogen (secondary N) is 1. The molecule has 0 fully saturated rings. The predicted molar refractivity (Wildman–Crippen MR) is 71.0 cm³/mol. The van der Waals surface area contributed by atoms with Gasteiger partial charge in [-0.3, -0.25) is 4.79 Å². The van der Waals surface area contributed by atoms with E-state index >= 15 is 0 Å². The van der Waals surface area contributed by atoms with Crippen LogP contribution in [0.15, 0.2) is 18.2 Å². The van der Waals surface area contributed by atoms with E-state index in [4.69, 9.17) is 15.2 Å². The maximum absolute atomic E-state index is 11.1. The number of ether oxygens (including phenoxy) is 2. The molecular weight excluding hydrogens is 232 g/mol. The van der Waals surface area contributed by atoms with Crippen LogP contribution in [0.3, 0.4) is 0 Å². The van der Waals surface area contributed by atoms with Crippen molar-refractivity contribution in [3.05, 3.63) is 23.8 Å². The van der Waals surface area contributed by atoms with Crippen LogP contribution >= 0.6 is 0 Å². The first-order valence-electron chi connectivity index (χ1n) is 5.79. The molecule has 0 aliphatic rings. The fourth-order valence-electron chi connectivity index (χ4n) is 1.63. The second-order valence-corrected chi connectivity index (χ2v) is 4.22. The van der Waals surface area contributed by atoms with Crippen molar-refractivity contribution < 1.29 is 14.3 Å². The van der Waals surface area contributed by atoms with Gasteiger partial charge in [0.15, 0.2) is 0 Å². The predicted octanol–water partition coefficient (Wildman–Crippen LogP) is 1.49. The summed E-state index contributed by atoms with van der Waals surface area (Å²) in [6.45, 7) is 3.47. The van der Waals surface area contributed by atoms with Gasteiger partial charge in [0.2, 0.25) is 5.91 Å². The van der Waals surface area contributed by atoms with Gasteiger partial charge in [-0.1, -0.05) is 6.92 Å². The molecule has 5 nitrogen and oxygen atoms in total. The van der Waals surface area contributed by atoms with Gasteiger partial charge < -0.3 is 20.5 Å². The second-order valence-electron chi connectivity index (χ2n) is 4.22. The van der Waals surface area contributed by atoms with Crippen LogP contribution in [0.1, 0.15) is 17.3 Å². The van der Waals surface area contributed by atoms with E-state index in [0.717, 1.165) is 12.2 Å². The van der Waals surface area contributed by atoms with E-state index in [1.807, 2.05) is 0 Å². The van der Waals surface area contributed by atoms with Gasteiger partial charge in [-0.25, -0.2) is 0 Å². The Balaban J connectivity index is 2.78. The third-order valence-corrected chi connectivity index (χ3v) is 2.58. The highest BCUT2D eigenvalue weighted by molar-refractivity contribution is 5.94. The number of amides is 1. The molecule has 1 amide bonds. The lowest BCUT2D eigenvalue weighted by atomic mass is 10.1. The van der Waals surface area contributed by atoms with E-state index in [1.54, 1.807) is 32.4 Å². The monoisotopic (exact) mass is 252 g/mol. The van der Waals surface area contributed by atoms with Gasteiger partial charge in [-0.2, -0.15) is 0 Å². The standard InChI is InChI=1S/C13H20N2O3/c1-9(8-17-2)7-15-11-6-10(13(14)16)4-5-12(11)18-3/h4-6,9,15H,7-8H2,1-3H3,(H2,14,16). The molecule has 0 radical (unpaired) electrons. The molecule has 0 aliphatic heterocycles. The minimum Gasteiger partial charge on any atom is -0.495 e. The molecule has 1 atom stereocenters. The van der Waals surface area contributed by atoms with Crippen molar-refractivity contribution >= 4 is 11.6 Å². The Morgan fingerprint density at radius 1 is 1.44 bits per heavy atom. The van der Waals surface area contributed by atoms with Crippen LogP contribution in [0.25, 0.3) is 0 Å². The Morgan fingerprint density at radius 3 is 2.72 bits per heavy atom. The molecule has 1 rings (SSSR count). The topological polar surface area (TPSA) is 73.6 Å². The van der Waals surface area contributed by atoms with Crippen LogP contribution in [0.2, 0.25) is 0 Å². The van der Waals surface area contributed by atoms with Crippen molar-refractivity contribution in [1.29, 1.82) is 0 Å². The number of anilines is 1. The number of hydrogen-bond donors (Lipinski definition) is 2. The van der Waals surface area contributed by atoms with Gasteiger partial charge in [0, 0.05) is 19.2 Å². The molecule has 100 valence electrons. The highest BCUT2D eigenvalue weighted by Crippen LogP contribution is 2.25. The molecular formula is C13H20N2O3. The maximum atomic E-state index is 11.1. The number of carbonyl (C=O) groups excluding carboxylic acids is 1. The summed E-state index contributed by atoms with van der Waals surface area (Å²) in [5.74, 6) is 0.590. The van der Waals surface area contributed by atoms with E-state index in [-0.39, 0.29) is 0 Å². The van der Waals surface area contributed by atoms with E-state index in [9.17, 15) is 4.79 Å². The molecule has 0 spiro atoms. The van der Waals surface area contributed by atoms with Crippen molar-refractivity contribution in [3.8, 4) is 5.75 Å². The van der Waals surface area contributed by atoms with E-state index in [1.165, 1.54) is 0 Å². The summed E-state index contributed by atoms with van der Waals surface area (Å²) in [6, 6.07) is 5.06. The number of methoxy groups -OCH3 is 2. The molecule has 0 saturated heterocycles. The van der Waals surface area contributed by atoms with Crippen molar-refractivity contribution in [2.75, 3.05) is 32.7 Å². The Kier molecular flexibility index (Phi) is 5.45. The summed E-state index contributed by atoms with van der Waals surface area (Å²) in [5.41, 5.74) is 6.47. The number of hydrogen-bond acceptors (Lipinski definition) is 4. The van der Waals surface area contributed by atoms with Gasteiger partial charge in [0.05, 0.1) is 19.4 Å². The van der Waals surface area contributed by atoms with E-state index in [0.29, 0.717) is 23.8 Å². The van der Waals surface area contributed by atoms with Gasteiger partial charge in [0.1, 0.15) is 5.75 Å². The maximum Gasteiger partial charge on any atom is 0.248 e. The highest BCUT2D eigenvalue weighted by Gasteiger charge is 2.09.